The summed E-state index contributed by atoms with van der Waals surface area (Å²) in [5.41, 5.74) is 1.59. The van der Waals surface area contributed by atoms with E-state index in [-0.39, 0.29) is 11.7 Å². The highest BCUT2D eigenvalue weighted by Crippen LogP contribution is 2.07. The third kappa shape index (κ3) is 3.20. The van der Waals surface area contributed by atoms with Crippen molar-refractivity contribution in [3.63, 3.8) is 0 Å². The molecule has 0 aliphatic heterocycles. The van der Waals surface area contributed by atoms with Crippen LogP contribution in [0.25, 0.3) is 0 Å². The van der Waals surface area contributed by atoms with Crippen LogP contribution in [-0.4, -0.2) is 30.7 Å². The molecule has 0 aromatic heterocycles. The average Bonchev–Trinajstić information content (AvgIpc) is 2.17. The molecule has 0 atom stereocenters. The highest BCUT2D eigenvalue weighted by atomic mass is 16.2. The molecule has 0 heterocycles. The van der Waals surface area contributed by atoms with Crippen molar-refractivity contribution in [2.75, 3.05) is 14.1 Å². The summed E-state index contributed by atoms with van der Waals surface area (Å²) in [4.78, 5) is 23.9. The molecule has 1 amide bonds. The Morgan fingerprint density at radius 1 is 1.13 bits per heavy atom. The van der Waals surface area contributed by atoms with Crippen LogP contribution in [0.5, 0.6) is 0 Å². The van der Waals surface area contributed by atoms with Crippen LogP contribution >= 0.6 is 0 Å². The standard InChI is InChI=1S/C12H15NO2/c1-9(14)8-10-4-6-11(7-5-10)12(15)13(2)3/h4-7H,8H2,1-3H3. The number of carbonyl (C=O) groups excluding carboxylic acids is 2. The van der Waals surface area contributed by atoms with E-state index in [1.54, 1.807) is 33.2 Å². The molecule has 3 heteroatoms. The molecule has 0 bridgehead atoms. The van der Waals surface area contributed by atoms with Gasteiger partial charge in [-0.15, -0.1) is 0 Å². The highest BCUT2D eigenvalue weighted by molar-refractivity contribution is 5.94. The third-order valence-corrected chi connectivity index (χ3v) is 2.06. The van der Waals surface area contributed by atoms with Crippen LogP contribution < -0.4 is 0 Å². The van der Waals surface area contributed by atoms with Crippen LogP contribution in [0.15, 0.2) is 24.3 Å². The fraction of sp³-hybridized carbons (Fsp3) is 0.333. The van der Waals surface area contributed by atoms with E-state index in [9.17, 15) is 9.59 Å². The summed E-state index contributed by atoms with van der Waals surface area (Å²) in [7, 11) is 3.43. The zero-order valence-electron chi connectivity index (χ0n) is 9.28. The van der Waals surface area contributed by atoms with Gasteiger partial charge in [-0.3, -0.25) is 9.59 Å². The summed E-state index contributed by atoms with van der Waals surface area (Å²) >= 11 is 0. The SMILES string of the molecule is CC(=O)Cc1ccc(C(=O)N(C)C)cc1. The van der Waals surface area contributed by atoms with Gasteiger partial charge in [0.15, 0.2) is 0 Å². The number of carbonyl (C=O) groups is 2. The van der Waals surface area contributed by atoms with Crippen LogP contribution in [0.3, 0.4) is 0 Å². The predicted octanol–water partition coefficient (Wildman–Crippen LogP) is 1.52. The first kappa shape index (κ1) is 11.4. The normalized spacial score (nSPS) is 9.80. The maximum Gasteiger partial charge on any atom is 0.253 e. The smallest absolute Gasteiger partial charge is 0.253 e. The van der Waals surface area contributed by atoms with Crippen molar-refractivity contribution in [1.82, 2.24) is 4.90 Å². The van der Waals surface area contributed by atoms with Gasteiger partial charge < -0.3 is 4.90 Å². The Labute approximate surface area is 89.7 Å². The van der Waals surface area contributed by atoms with Gasteiger partial charge in [-0.05, 0) is 24.6 Å². The average molecular weight is 205 g/mol. The molecular weight excluding hydrogens is 190 g/mol. The van der Waals surface area contributed by atoms with Gasteiger partial charge in [-0.1, -0.05) is 12.1 Å². The summed E-state index contributed by atoms with van der Waals surface area (Å²) in [5.74, 6) is 0.103. The van der Waals surface area contributed by atoms with Crippen molar-refractivity contribution in [3.8, 4) is 0 Å². The van der Waals surface area contributed by atoms with Crippen molar-refractivity contribution in [2.45, 2.75) is 13.3 Å². The first-order valence-corrected chi connectivity index (χ1v) is 4.80. The van der Waals surface area contributed by atoms with Gasteiger partial charge in [-0.2, -0.15) is 0 Å². The Morgan fingerprint density at radius 2 is 1.67 bits per heavy atom. The van der Waals surface area contributed by atoms with Gasteiger partial charge in [0.2, 0.25) is 0 Å². The molecule has 0 fully saturated rings. The van der Waals surface area contributed by atoms with Gasteiger partial charge in [0.1, 0.15) is 5.78 Å². The number of nitrogens with zero attached hydrogens (tertiary/aromatic N) is 1. The van der Waals surface area contributed by atoms with Gasteiger partial charge >= 0.3 is 0 Å². The molecule has 0 N–H and O–H groups in total. The second-order valence-corrected chi connectivity index (χ2v) is 3.78. The molecule has 0 aliphatic rings. The van der Waals surface area contributed by atoms with Crippen LogP contribution in [-0.2, 0) is 11.2 Å². The Morgan fingerprint density at radius 3 is 2.07 bits per heavy atom. The summed E-state index contributed by atoms with van der Waals surface area (Å²) in [6.07, 6.45) is 0.427. The van der Waals surface area contributed by atoms with E-state index >= 15 is 0 Å². The van der Waals surface area contributed by atoms with E-state index in [0.29, 0.717) is 12.0 Å². The Bertz CT molecular complexity index is 366. The lowest BCUT2D eigenvalue weighted by atomic mass is 10.1. The van der Waals surface area contributed by atoms with Gasteiger partial charge in [0, 0.05) is 26.1 Å². The molecule has 80 valence electrons. The molecule has 1 aromatic carbocycles. The third-order valence-electron chi connectivity index (χ3n) is 2.06. The zero-order chi connectivity index (χ0) is 11.4. The van der Waals surface area contributed by atoms with Crippen molar-refractivity contribution < 1.29 is 9.59 Å². The lowest BCUT2D eigenvalue weighted by molar-refractivity contribution is -0.116. The Balaban J connectivity index is 2.81. The largest absolute Gasteiger partial charge is 0.345 e. The first-order chi connectivity index (χ1) is 7.00. The summed E-state index contributed by atoms with van der Waals surface area (Å²) in [5, 5.41) is 0. The Kier molecular flexibility index (Phi) is 3.61. The molecule has 0 radical (unpaired) electrons. The van der Waals surface area contributed by atoms with Crippen molar-refractivity contribution >= 4 is 11.7 Å². The van der Waals surface area contributed by atoms with Crippen LogP contribution in [0.2, 0.25) is 0 Å². The second-order valence-electron chi connectivity index (χ2n) is 3.78. The zero-order valence-corrected chi connectivity index (χ0v) is 9.28. The van der Waals surface area contributed by atoms with E-state index < -0.39 is 0 Å². The summed E-state index contributed by atoms with van der Waals surface area (Å²) < 4.78 is 0. The van der Waals surface area contributed by atoms with Crippen LogP contribution in [0, 0.1) is 0 Å². The fourth-order valence-corrected chi connectivity index (χ4v) is 1.31. The quantitative estimate of drug-likeness (QED) is 0.750. The van der Waals surface area contributed by atoms with Gasteiger partial charge in [-0.25, -0.2) is 0 Å². The van der Waals surface area contributed by atoms with Gasteiger partial charge in [0.05, 0.1) is 0 Å². The molecule has 1 aromatic rings. The van der Waals surface area contributed by atoms with Crippen molar-refractivity contribution in [3.05, 3.63) is 35.4 Å². The minimum absolute atomic E-state index is 0.0237. The van der Waals surface area contributed by atoms with E-state index in [2.05, 4.69) is 0 Å². The lowest BCUT2D eigenvalue weighted by Gasteiger charge is -2.10. The van der Waals surface area contributed by atoms with Crippen LogP contribution in [0.4, 0.5) is 0 Å². The number of rotatable bonds is 3. The number of Topliss-reactive ketones (excluding diaryl/α,β-unsaturated/α-hetero) is 1. The molecular formula is C12H15NO2. The van der Waals surface area contributed by atoms with Crippen LogP contribution in [0.1, 0.15) is 22.8 Å². The number of ketones is 1. The summed E-state index contributed by atoms with van der Waals surface area (Å²) in [6.45, 7) is 1.55. The first-order valence-electron chi connectivity index (χ1n) is 4.80. The minimum Gasteiger partial charge on any atom is -0.345 e. The lowest BCUT2D eigenvalue weighted by Crippen LogP contribution is -2.21. The molecule has 0 saturated heterocycles. The number of hydrogen-bond donors (Lipinski definition) is 0. The minimum atomic E-state index is -0.0237. The highest BCUT2D eigenvalue weighted by Gasteiger charge is 2.07. The molecule has 1 rings (SSSR count). The molecule has 3 nitrogen and oxygen atoms in total. The molecule has 0 aliphatic carbocycles. The second kappa shape index (κ2) is 4.73. The number of benzene rings is 1. The Hall–Kier alpha value is -1.64. The molecule has 0 spiro atoms. The maximum atomic E-state index is 11.5. The fourth-order valence-electron chi connectivity index (χ4n) is 1.31. The summed E-state index contributed by atoms with van der Waals surface area (Å²) in [6, 6.07) is 7.14. The molecule has 0 saturated carbocycles. The maximum absolute atomic E-state index is 11.5. The number of hydrogen-bond acceptors (Lipinski definition) is 2. The van der Waals surface area contributed by atoms with Gasteiger partial charge in [0.25, 0.3) is 5.91 Å². The van der Waals surface area contributed by atoms with E-state index in [4.69, 9.17) is 0 Å². The predicted molar refractivity (Wildman–Crippen MR) is 58.8 cm³/mol. The topological polar surface area (TPSA) is 37.4 Å². The van der Waals surface area contributed by atoms with E-state index in [1.165, 1.54) is 4.90 Å². The van der Waals surface area contributed by atoms with E-state index in [0.717, 1.165) is 5.56 Å². The molecule has 0 unspecified atom stereocenters. The monoisotopic (exact) mass is 205 g/mol. The number of amides is 1. The van der Waals surface area contributed by atoms with E-state index in [1.807, 2.05) is 12.1 Å². The van der Waals surface area contributed by atoms with Crippen molar-refractivity contribution in [1.29, 1.82) is 0 Å². The molecule has 15 heavy (non-hydrogen) atoms. The van der Waals surface area contributed by atoms with Crippen molar-refractivity contribution in [2.24, 2.45) is 0 Å².